The van der Waals surface area contributed by atoms with Crippen LogP contribution in [0, 0.1) is 11.8 Å². The maximum Gasteiger partial charge on any atom is 0.227 e. The van der Waals surface area contributed by atoms with Crippen molar-refractivity contribution in [3.63, 3.8) is 0 Å². The maximum atomic E-state index is 12.7. The van der Waals surface area contributed by atoms with Gasteiger partial charge in [0.05, 0.1) is 5.92 Å². The molecule has 110 valence electrons. The lowest BCUT2D eigenvalue weighted by atomic mass is 9.76. The van der Waals surface area contributed by atoms with Gasteiger partial charge in [-0.05, 0) is 32.6 Å². The van der Waals surface area contributed by atoms with Gasteiger partial charge >= 0.3 is 0 Å². The van der Waals surface area contributed by atoms with E-state index in [4.69, 9.17) is 5.73 Å². The molecule has 0 radical (unpaired) electrons. The van der Waals surface area contributed by atoms with Gasteiger partial charge in [-0.2, -0.15) is 0 Å². The van der Waals surface area contributed by atoms with Gasteiger partial charge in [0.25, 0.3) is 0 Å². The van der Waals surface area contributed by atoms with E-state index < -0.39 is 0 Å². The van der Waals surface area contributed by atoms with Gasteiger partial charge in [-0.3, -0.25) is 9.69 Å². The van der Waals surface area contributed by atoms with Crippen molar-refractivity contribution in [2.24, 2.45) is 17.6 Å². The molecule has 0 bridgehead atoms. The van der Waals surface area contributed by atoms with Crippen LogP contribution < -0.4 is 5.73 Å². The Kier molecular flexibility index (Phi) is 4.85. The van der Waals surface area contributed by atoms with Gasteiger partial charge in [-0.1, -0.05) is 13.3 Å². The highest BCUT2D eigenvalue weighted by Gasteiger charge is 2.37. The van der Waals surface area contributed by atoms with Crippen molar-refractivity contribution in [3.05, 3.63) is 0 Å². The Bertz CT molecular complexity index is 301. The first-order valence-electron chi connectivity index (χ1n) is 7.79. The number of carbonyl (C=O) groups excluding carboxylic acids is 1. The third-order valence-corrected chi connectivity index (χ3v) is 4.91. The molecule has 19 heavy (non-hydrogen) atoms. The first kappa shape index (κ1) is 14.8. The number of nitrogens with two attached hydrogens (primary N) is 1. The van der Waals surface area contributed by atoms with Crippen LogP contribution in [0.1, 0.15) is 40.0 Å². The molecule has 1 aliphatic heterocycles. The van der Waals surface area contributed by atoms with Crippen LogP contribution in [0.3, 0.4) is 0 Å². The Balaban J connectivity index is 1.93. The molecule has 1 saturated heterocycles. The minimum atomic E-state index is 0.0550. The molecule has 4 heteroatoms. The number of carbonyl (C=O) groups is 1. The lowest BCUT2D eigenvalue weighted by molar-refractivity contribution is -0.141. The molecule has 3 atom stereocenters. The van der Waals surface area contributed by atoms with Crippen molar-refractivity contribution in [3.8, 4) is 0 Å². The highest BCUT2D eigenvalue weighted by atomic mass is 16.2. The third kappa shape index (κ3) is 3.29. The fourth-order valence-electron chi connectivity index (χ4n) is 3.55. The summed E-state index contributed by atoms with van der Waals surface area (Å²) in [6.07, 6.45) is 3.33. The lowest BCUT2D eigenvalue weighted by Gasteiger charge is -2.41. The van der Waals surface area contributed by atoms with Crippen molar-refractivity contribution in [2.75, 3.05) is 26.2 Å². The highest BCUT2D eigenvalue weighted by Crippen LogP contribution is 2.30. The van der Waals surface area contributed by atoms with Crippen LogP contribution in [-0.4, -0.2) is 54.0 Å². The van der Waals surface area contributed by atoms with E-state index in [9.17, 15) is 4.79 Å². The fourth-order valence-corrected chi connectivity index (χ4v) is 3.55. The Morgan fingerprint density at radius 2 is 1.79 bits per heavy atom. The van der Waals surface area contributed by atoms with Crippen molar-refractivity contribution in [2.45, 2.75) is 52.1 Å². The van der Waals surface area contributed by atoms with Crippen LogP contribution in [0.4, 0.5) is 0 Å². The molecule has 2 fully saturated rings. The fraction of sp³-hybridized carbons (Fsp3) is 0.933. The van der Waals surface area contributed by atoms with E-state index in [1.807, 2.05) is 4.90 Å². The van der Waals surface area contributed by atoms with E-state index in [1.165, 1.54) is 6.42 Å². The second kappa shape index (κ2) is 6.23. The van der Waals surface area contributed by atoms with Crippen LogP contribution in [-0.2, 0) is 4.79 Å². The number of nitrogens with zero attached hydrogens (tertiary/aromatic N) is 2. The lowest BCUT2D eigenvalue weighted by Crippen LogP contribution is -2.55. The number of amides is 1. The predicted octanol–water partition coefficient (Wildman–Crippen LogP) is 1.30. The van der Waals surface area contributed by atoms with Crippen LogP contribution in [0.15, 0.2) is 0 Å². The molecule has 0 aromatic heterocycles. The molecule has 1 saturated carbocycles. The molecule has 4 nitrogen and oxygen atoms in total. The minimum absolute atomic E-state index is 0.0550. The maximum absolute atomic E-state index is 12.7. The van der Waals surface area contributed by atoms with E-state index in [0.717, 1.165) is 39.0 Å². The van der Waals surface area contributed by atoms with Crippen LogP contribution >= 0.6 is 0 Å². The van der Waals surface area contributed by atoms with Gasteiger partial charge < -0.3 is 10.6 Å². The van der Waals surface area contributed by atoms with Gasteiger partial charge in [0.15, 0.2) is 0 Å². The van der Waals surface area contributed by atoms with E-state index in [2.05, 4.69) is 25.7 Å². The monoisotopic (exact) mass is 267 g/mol. The molecule has 3 unspecified atom stereocenters. The van der Waals surface area contributed by atoms with Gasteiger partial charge in [0.2, 0.25) is 5.91 Å². The van der Waals surface area contributed by atoms with Gasteiger partial charge in [-0.25, -0.2) is 0 Å². The standard InChI is InChI=1S/C15H29N3O/c1-11(2)17-7-9-18(10-8-17)15(19)14-12(3)5-4-6-13(14)16/h11-14H,4-10,16H2,1-3H3. The average Bonchev–Trinajstić information content (AvgIpc) is 2.38. The molecule has 2 N–H and O–H groups in total. The Labute approximate surface area is 117 Å². The Hall–Kier alpha value is -0.610. The molecule has 1 heterocycles. The summed E-state index contributed by atoms with van der Waals surface area (Å²) in [6.45, 7) is 10.4. The molecule has 0 aromatic carbocycles. The Morgan fingerprint density at radius 1 is 1.16 bits per heavy atom. The average molecular weight is 267 g/mol. The van der Waals surface area contributed by atoms with Crippen LogP contribution in [0.2, 0.25) is 0 Å². The Morgan fingerprint density at radius 3 is 2.32 bits per heavy atom. The number of rotatable bonds is 2. The van der Waals surface area contributed by atoms with E-state index in [1.54, 1.807) is 0 Å². The van der Waals surface area contributed by atoms with Gasteiger partial charge in [0, 0.05) is 38.3 Å². The molecule has 1 amide bonds. The zero-order chi connectivity index (χ0) is 14.0. The first-order chi connectivity index (χ1) is 9.00. The molecule has 2 aliphatic rings. The molecule has 0 aromatic rings. The van der Waals surface area contributed by atoms with Gasteiger partial charge in [-0.15, -0.1) is 0 Å². The topological polar surface area (TPSA) is 49.6 Å². The van der Waals surface area contributed by atoms with Crippen molar-refractivity contribution >= 4 is 5.91 Å². The first-order valence-corrected chi connectivity index (χ1v) is 7.79. The summed E-state index contributed by atoms with van der Waals surface area (Å²) in [6, 6.07) is 0.646. The number of piperazine rings is 1. The van der Waals surface area contributed by atoms with E-state index in [0.29, 0.717) is 17.9 Å². The second-order valence-corrected chi connectivity index (χ2v) is 6.55. The summed E-state index contributed by atoms with van der Waals surface area (Å²) in [5.41, 5.74) is 6.19. The zero-order valence-corrected chi connectivity index (χ0v) is 12.6. The van der Waals surface area contributed by atoms with Gasteiger partial charge in [0.1, 0.15) is 0 Å². The minimum Gasteiger partial charge on any atom is -0.340 e. The smallest absolute Gasteiger partial charge is 0.227 e. The van der Waals surface area contributed by atoms with E-state index in [-0.39, 0.29) is 12.0 Å². The second-order valence-electron chi connectivity index (χ2n) is 6.55. The SMILES string of the molecule is CC1CCCC(N)C1C(=O)N1CCN(C(C)C)CC1. The van der Waals surface area contributed by atoms with E-state index >= 15 is 0 Å². The summed E-state index contributed by atoms with van der Waals surface area (Å²) < 4.78 is 0. The summed E-state index contributed by atoms with van der Waals surface area (Å²) >= 11 is 0. The van der Waals surface area contributed by atoms with Crippen molar-refractivity contribution in [1.29, 1.82) is 0 Å². The molecular formula is C15H29N3O. The highest BCUT2D eigenvalue weighted by molar-refractivity contribution is 5.80. The summed E-state index contributed by atoms with van der Waals surface area (Å²) in [4.78, 5) is 17.2. The third-order valence-electron chi connectivity index (χ3n) is 4.91. The molecular weight excluding hydrogens is 238 g/mol. The summed E-state index contributed by atoms with van der Waals surface area (Å²) in [7, 11) is 0. The predicted molar refractivity (Wildman–Crippen MR) is 77.8 cm³/mol. The van der Waals surface area contributed by atoms with Crippen LogP contribution in [0.25, 0.3) is 0 Å². The van der Waals surface area contributed by atoms with Crippen LogP contribution in [0.5, 0.6) is 0 Å². The zero-order valence-electron chi connectivity index (χ0n) is 12.6. The quantitative estimate of drug-likeness (QED) is 0.820. The van der Waals surface area contributed by atoms with Crippen molar-refractivity contribution < 1.29 is 4.79 Å². The van der Waals surface area contributed by atoms with Crippen molar-refractivity contribution in [1.82, 2.24) is 9.80 Å². The largest absolute Gasteiger partial charge is 0.340 e. The number of hydrogen-bond acceptors (Lipinski definition) is 3. The summed E-state index contributed by atoms with van der Waals surface area (Å²) in [5, 5.41) is 0. The molecule has 2 rings (SSSR count). The molecule has 1 aliphatic carbocycles. The normalized spacial score (nSPS) is 33.7. The molecule has 0 spiro atoms. The summed E-state index contributed by atoms with van der Waals surface area (Å²) in [5.74, 6) is 0.807. The number of hydrogen-bond donors (Lipinski definition) is 1.